The van der Waals surface area contributed by atoms with Crippen LogP contribution in [-0.2, 0) is 6.54 Å². The number of aromatic nitrogens is 5. The average molecular weight is 391 g/mol. The number of hydrogen-bond acceptors (Lipinski definition) is 4. The second-order valence-corrected chi connectivity index (χ2v) is 8.60. The number of aryl methyl sites for hydroxylation is 2. The molecule has 1 N–H and O–H groups in total. The van der Waals surface area contributed by atoms with Crippen molar-refractivity contribution in [2.45, 2.75) is 76.4 Å². The van der Waals surface area contributed by atoms with Crippen LogP contribution in [0.4, 0.5) is 5.95 Å². The van der Waals surface area contributed by atoms with Crippen LogP contribution < -0.4 is 5.32 Å². The molecule has 5 rings (SSSR count). The summed E-state index contributed by atoms with van der Waals surface area (Å²) in [7, 11) is 0. The van der Waals surface area contributed by atoms with Gasteiger partial charge in [-0.15, -0.1) is 5.10 Å². The number of hydrogen-bond donors (Lipinski definition) is 1. The summed E-state index contributed by atoms with van der Waals surface area (Å²) < 4.78 is 4.43. The fourth-order valence-corrected chi connectivity index (χ4v) is 4.97. The molecule has 3 atom stereocenters. The second kappa shape index (κ2) is 8.01. The first-order valence-electron chi connectivity index (χ1n) is 11.0. The van der Waals surface area contributed by atoms with Gasteiger partial charge in [-0.05, 0) is 51.0 Å². The molecule has 1 aromatic carbocycles. The lowest BCUT2D eigenvalue weighted by molar-refractivity contribution is 0.330. The fraction of sp³-hybridized carbons (Fsp3) is 0.522. The molecule has 1 aliphatic carbocycles. The molecule has 29 heavy (non-hydrogen) atoms. The van der Waals surface area contributed by atoms with Gasteiger partial charge in [-0.2, -0.15) is 4.98 Å². The lowest BCUT2D eigenvalue weighted by atomic mass is 9.91. The predicted octanol–water partition coefficient (Wildman–Crippen LogP) is 4.69. The highest BCUT2D eigenvalue weighted by molar-refractivity contribution is 5.32. The zero-order valence-corrected chi connectivity index (χ0v) is 17.2. The van der Waals surface area contributed by atoms with Gasteiger partial charge in [-0.3, -0.25) is 0 Å². The molecule has 1 saturated carbocycles. The van der Waals surface area contributed by atoms with Gasteiger partial charge < -0.3 is 9.88 Å². The Labute approximate surface area is 172 Å². The molecule has 2 aromatic heterocycles. The third-order valence-corrected chi connectivity index (χ3v) is 6.46. The number of nitrogens with one attached hydrogen (secondary N) is 1. The zero-order valence-electron chi connectivity index (χ0n) is 17.2. The molecule has 3 aromatic rings. The van der Waals surface area contributed by atoms with E-state index in [-0.39, 0.29) is 0 Å². The topological polar surface area (TPSA) is 60.6 Å². The Morgan fingerprint density at radius 2 is 1.93 bits per heavy atom. The van der Waals surface area contributed by atoms with Gasteiger partial charge in [0.1, 0.15) is 5.82 Å². The number of benzene rings is 1. The number of anilines is 1. The Balaban J connectivity index is 1.33. The monoisotopic (exact) mass is 390 g/mol. The van der Waals surface area contributed by atoms with Crippen molar-refractivity contribution in [2.24, 2.45) is 0 Å². The summed E-state index contributed by atoms with van der Waals surface area (Å²) in [6.07, 6.45) is 12.4. The predicted molar refractivity (Wildman–Crippen MR) is 114 cm³/mol. The van der Waals surface area contributed by atoms with E-state index >= 15 is 0 Å². The minimum atomic E-state index is 0.342. The van der Waals surface area contributed by atoms with E-state index in [2.05, 4.69) is 63.0 Å². The first-order valence-corrected chi connectivity index (χ1v) is 11.0. The summed E-state index contributed by atoms with van der Waals surface area (Å²) in [6.45, 7) is 3.02. The third kappa shape index (κ3) is 3.93. The van der Waals surface area contributed by atoms with Crippen LogP contribution in [0.2, 0.25) is 0 Å². The van der Waals surface area contributed by atoms with Crippen molar-refractivity contribution >= 4 is 5.95 Å². The van der Waals surface area contributed by atoms with Gasteiger partial charge in [0, 0.05) is 30.7 Å². The Morgan fingerprint density at radius 1 is 1.03 bits per heavy atom. The van der Waals surface area contributed by atoms with Gasteiger partial charge in [-0.1, -0.05) is 36.8 Å². The molecule has 6 nitrogen and oxygen atoms in total. The molecule has 6 heteroatoms. The van der Waals surface area contributed by atoms with Crippen LogP contribution in [0.15, 0.2) is 42.9 Å². The third-order valence-electron chi connectivity index (χ3n) is 6.46. The molecule has 0 radical (unpaired) electrons. The SMILES string of the molecule is Cc1cn(C2CCCC(Nc3nc4n(n3)CCCCC4c3ccccc3)C2)cn1. The van der Waals surface area contributed by atoms with Gasteiger partial charge >= 0.3 is 0 Å². The van der Waals surface area contributed by atoms with E-state index in [9.17, 15) is 0 Å². The van der Waals surface area contributed by atoms with Gasteiger partial charge in [0.2, 0.25) is 5.95 Å². The molecule has 3 unspecified atom stereocenters. The van der Waals surface area contributed by atoms with Crippen LogP contribution in [0.5, 0.6) is 0 Å². The fourth-order valence-electron chi connectivity index (χ4n) is 4.97. The van der Waals surface area contributed by atoms with E-state index in [4.69, 9.17) is 10.1 Å². The van der Waals surface area contributed by atoms with Crippen molar-refractivity contribution in [1.82, 2.24) is 24.3 Å². The summed E-state index contributed by atoms with van der Waals surface area (Å²) in [6, 6.07) is 11.7. The maximum atomic E-state index is 4.99. The minimum absolute atomic E-state index is 0.342. The van der Waals surface area contributed by atoms with E-state index in [1.54, 1.807) is 0 Å². The van der Waals surface area contributed by atoms with Crippen molar-refractivity contribution in [3.63, 3.8) is 0 Å². The lowest BCUT2D eigenvalue weighted by Gasteiger charge is -2.30. The van der Waals surface area contributed by atoms with Gasteiger partial charge in [-0.25, -0.2) is 9.67 Å². The van der Waals surface area contributed by atoms with E-state index in [0.717, 1.165) is 36.9 Å². The van der Waals surface area contributed by atoms with Crippen molar-refractivity contribution in [2.75, 3.05) is 5.32 Å². The lowest BCUT2D eigenvalue weighted by Crippen LogP contribution is -2.29. The average Bonchev–Trinajstić information content (AvgIpc) is 3.30. The highest BCUT2D eigenvalue weighted by atomic mass is 15.4. The minimum Gasteiger partial charge on any atom is -0.350 e. The molecule has 2 aliphatic rings. The highest BCUT2D eigenvalue weighted by Crippen LogP contribution is 2.33. The highest BCUT2D eigenvalue weighted by Gasteiger charge is 2.27. The molecule has 0 bridgehead atoms. The Morgan fingerprint density at radius 3 is 2.76 bits per heavy atom. The van der Waals surface area contributed by atoms with Crippen LogP contribution >= 0.6 is 0 Å². The zero-order chi connectivity index (χ0) is 19.6. The molecule has 0 amide bonds. The first-order chi connectivity index (χ1) is 14.3. The van der Waals surface area contributed by atoms with Crippen molar-refractivity contribution in [1.29, 1.82) is 0 Å². The molecular weight excluding hydrogens is 360 g/mol. The van der Waals surface area contributed by atoms with E-state index in [1.807, 2.05) is 6.33 Å². The Kier molecular flexibility index (Phi) is 5.08. The van der Waals surface area contributed by atoms with Gasteiger partial charge in [0.25, 0.3) is 0 Å². The molecule has 1 aliphatic heterocycles. The Bertz CT molecular complexity index is 943. The number of nitrogens with zero attached hydrogens (tertiary/aromatic N) is 5. The van der Waals surface area contributed by atoms with Crippen molar-refractivity contribution < 1.29 is 0 Å². The van der Waals surface area contributed by atoms with Crippen LogP contribution in [-0.4, -0.2) is 30.4 Å². The summed E-state index contributed by atoms with van der Waals surface area (Å²) in [4.78, 5) is 9.39. The molecular formula is C23H30N6. The molecule has 3 heterocycles. The van der Waals surface area contributed by atoms with Gasteiger partial charge in [0.15, 0.2) is 0 Å². The number of rotatable bonds is 4. The normalized spacial score (nSPS) is 24.7. The van der Waals surface area contributed by atoms with Crippen LogP contribution in [0.1, 0.15) is 74.0 Å². The number of imidazole rings is 1. The summed E-state index contributed by atoms with van der Waals surface area (Å²) in [5.74, 6) is 2.26. The molecule has 1 fully saturated rings. The second-order valence-electron chi connectivity index (χ2n) is 8.60. The molecule has 0 spiro atoms. The largest absolute Gasteiger partial charge is 0.350 e. The first kappa shape index (κ1) is 18.4. The summed E-state index contributed by atoms with van der Waals surface area (Å²) >= 11 is 0. The standard InChI is InChI=1S/C23H30N6/c1-17-15-28(16-24-17)20-11-7-10-19(14-20)25-23-26-22-21(18-8-3-2-4-9-18)12-5-6-13-29(22)27-23/h2-4,8-9,15-16,19-21H,5-7,10-14H2,1H3,(H,25,27). The van der Waals surface area contributed by atoms with Crippen LogP contribution in [0.25, 0.3) is 0 Å². The maximum absolute atomic E-state index is 4.99. The van der Waals surface area contributed by atoms with Crippen molar-refractivity contribution in [3.8, 4) is 0 Å². The maximum Gasteiger partial charge on any atom is 0.242 e. The molecule has 152 valence electrons. The number of fused-ring (bicyclic) bond motifs is 1. The molecule has 0 saturated heterocycles. The Hall–Kier alpha value is -2.63. The smallest absolute Gasteiger partial charge is 0.242 e. The quantitative estimate of drug-likeness (QED) is 0.702. The van der Waals surface area contributed by atoms with Crippen LogP contribution in [0.3, 0.4) is 0 Å². The van der Waals surface area contributed by atoms with E-state index < -0.39 is 0 Å². The van der Waals surface area contributed by atoms with Crippen molar-refractivity contribution in [3.05, 3.63) is 59.9 Å². The van der Waals surface area contributed by atoms with Gasteiger partial charge in [0.05, 0.1) is 12.0 Å². The van der Waals surface area contributed by atoms with Crippen LogP contribution in [0, 0.1) is 6.92 Å². The summed E-state index contributed by atoms with van der Waals surface area (Å²) in [5.41, 5.74) is 2.44. The van der Waals surface area contributed by atoms with E-state index in [1.165, 1.54) is 37.7 Å². The van der Waals surface area contributed by atoms with E-state index in [0.29, 0.717) is 18.0 Å². The summed E-state index contributed by atoms with van der Waals surface area (Å²) in [5, 5.41) is 8.52.